The molecular formula is C20H19N5O2S. The lowest BCUT2D eigenvalue weighted by Crippen LogP contribution is -2.26. The normalized spacial score (nSPS) is 10.9. The van der Waals surface area contributed by atoms with E-state index in [0.717, 1.165) is 27.8 Å². The molecule has 0 aliphatic rings. The minimum absolute atomic E-state index is 0.264. The summed E-state index contributed by atoms with van der Waals surface area (Å²) < 4.78 is 7.11. The van der Waals surface area contributed by atoms with E-state index in [-0.39, 0.29) is 11.6 Å². The molecule has 0 saturated carbocycles. The highest BCUT2D eigenvalue weighted by molar-refractivity contribution is 7.12. The molecule has 0 aliphatic carbocycles. The number of hydrogen-bond acceptors (Lipinski definition) is 6. The molecule has 0 radical (unpaired) electrons. The highest BCUT2D eigenvalue weighted by atomic mass is 32.1. The number of thiazole rings is 1. The summed E-state index contributed by atoms with van der Waals surface area (Å²) in [6.45, 7) is 4.43. The third kappa shape index (κ3) is 3.86. The Labute approximate surface area is 166 Å². The van der Waals surface area contributed by atoms with Gasteiger partial charge in [0.25, 0.3) is 5.91 Å². The predicted octanol–water partition coefficient (Wildman–Crippen LogP) is 3.57. The molecule has 3 heterocycles. The molecule has 1 aromatic carbocycles. The summed E-state index contributed by atoms with van der Waals surface area (Å²) in [7, 11) is 0. The van der Waals surface area contributed by atoms with Gasteiger partial charge in [-0.1, -0.05) is 35.5 Å². The number of carbonyl (C=O) groups is 1. The zero-order chi connectivity index (χ0) is 19.5. The zero-order valence-corrected chi connectivity index (χ0v) is 16.4. The van der Waals surface area contributed by atoms with Gasteiger partial charge < -0.3 is 9.84 Å². The summed E-state index contributed by atoms with van der Waals surface area (Å²) in [5.41, 5.74) is 4.07. The minimum Gasteiger partial charge on any atom is -0.355 e. The third-order valence-electron chi connectivity index (χ3n) is 4.20. The molecule has 0 saturated heterocycles. The average molecular weight is 393 g/mol. The molecule has 1 amide bonds. The van der Waals surface area contributed by atoms with Crippen LogP contribution in [0, 0.1) is 13.8 Å². The van der Waals surface area contributed by atoms with E-state index in [0.29, 0.717) is 18.7 Å². The Balaban J connectivity index is 1.34. The quantitative estimate of drug-likeness (QED) is 0.541. The van der Waals surface area contributed by atoms with Gasteiger partial charge in [-0.3, -0.25) is 4.79 Å². The first-order valence-electron chi connectivity index (χ1n) is 8.88. The number of hydrogen-bond donors (Lipinski definition) is 1. The number of carbonyl (C=O) groups excluding carboxylic acids is 1. The molecule has 0 bridgehead atoms. The fourth-order valence-corrected chi connectivity index (χ4v) is 3.71. The average Bonchev–Trinajstić information content (AvgIpc) is 3.42. The molecule has 3 aromatic heterocycles. The first kappa shape index (κ1) is 18.1. The summed E-state index contributed by atoms with van der Waals surface area (Å²) in [5.74, 6) is 0.305. The van der Waals surface area contributed by atoms with Crippen LogP contribution < -0.4 is 5.32 Å². The van der Waals surface area contributed by atoms with Gasteiger partial charge in [-0.05, 0) is 19.9 Å². The summed E-state index contributed by atoms with van der Waals surface area (Å²) in [5, 5.41) is 14.0. The van der Waals surface area contributed by atoms with Crippen LogP contribution in [0.4, 0.5) is 0 Å². The van der Waals surface area contributed by atoms with Crippen LogP contribution in [-0.2, 0) is 6.42 Å². The first-order chi connectivity index (χ1) is 13.6. The fraction of sp³-hybridized carbons (Fsp3) is 0.200. The van der Waals surface area contributed by atoms with Gasteiger partial charge in [-0.2, -0.15) is 5.10 Å². The molecule has 142 valence electrons. The maximum atomic E-state index is 12.3. The van der Waals surface area contributed by atoms with Gasteiger partial charge in [0.15, 0.2) is 11.5 Å². The lowest BCUT2D eigenvalue weighted by molar-refractivity contribution is 0.0945. The van der Waals surface area contributed by atoms with Crippen molar-refractivity contribution < 1.29 is 9.32 Å². The van der Waals surface area contributed by atoms with Crippen molar-refractivity contribution in [1.82, 2.24) is 25.2 Å². The highest BCUT2D eigenvalue weighted by Crippen LogP contribution is 2.20. The maximum Gasteiger partial charge on any atom is 0.273 e. The second kappa shape index (κ2) is 7.77. The molecule has 4 aromatic rings. The second-order valence-electron chi connectivity index (χ2n) is 6.41. The third-order valence-corrected chi connectivity index (χ3v) is 5.06. The van der Waals surface area contributed by atoms with E-state index in [4.69, 9.17) is 4.52 Å². The van der Waals surface area contributed by atoms with Crippen LogP contribution in [0.2, 0.25) is 0 Å². The number of benzene rings is 1. The van der Waals surface area contributed by atoms with Crippen LogP contribution in [0.25, 0.3) is 16.5 Å². The Bertz CT molecular complexity index is 1100. The van der Waals surface area contributed by atoms with Gasteiger partial charge in [0.2, 0.25) is 5.13 Å². The first-order valence-corrected chi connectivity index (χ1v) is 9.76. The van der Waals surface area contributed by atoms with E-state index >= 15 is 0 Å². The van der Waals surface area contributed by atoms with Crippen LogP contribution in [0.1, 0.15) is 27.6 Å². The lowest BCUT2D eigenvalue weighted by Gasteiger charge is -2.01. The van der Waals surface area contributed by atoms with E-state index in [1.807, 2.05) is 60.3 Å². The Morgan fingerprint density at radius 1 is 1.21 bits per heavy atom. The van der Waals surface area contributed by atoms with Crippen LogP contribution in [0.3, 0.4) is 0 Å². The molecule has 4 rings (SSSR count). The molecule has 0 spiro atoms. The maximum absolute atomic E-state index is 12.3. The van der Waals surface area contributed by atoms with Crippen LogP contribution in [-0.4, -0.2) is 32.4 Å². The minimum atomic E-state index is -0.264. The lowest BCUT2D eigenvalue weighted by atomic mass is 10.1. The Morgan fingerprint density at radius 2 is 2.04 bits per heavy atom. The predicted molar refractivity (Wildman–Crippen MR) is 107 cm³/mol. The van der Waals surface area contributed by atoms with Crippen molar-refractivity contribution in [2.24, 2.45) is 0 Å². The monoisotopic (exact) mass is 393 g/mol. The Hall–Kier alpha value is -3.26. The standard InChI is InChI=1S/C20H19N5O2S/c1-13-10-14(2)25(23-13)20-22-16(12-28-20)8-9-21-19(26)17-11-18(27-24-17)15-6-4-3-5-7-15/h3-7,10-12H,8-9H2,1-2H3,(H,21,26). The molecular weight excluding hydrogens is 374 g/mol. The number of nitrogens with one attached hydrogen (secondary N) is 1. The van der Waals surface area contributed by atoms with Crippen molar-refractivity contribution in [2.45, 2.75) is 20.3 Å². The second-order valence-corrected chi connectivity index (χ2v) is 7.25. The van der Waals surface area contributed by atoms with Crippen molar-refractivity contribution in [3.05, 3.63) is 70.6 Å². The van der Waals surface area contributed by atoms with Gasteiger partial charge in [0.1, 0.15) is 0 Å². The number of rotatable bonds is 6. The van der Waals surface area contributed by atoms with Crippen molar-refractivity contribution in [3.8, 4) is 16.5 Å². The Morgan fingerprint density at radius 3 is 2.79 bits per heavy atom. The van der Waals surface area contributed by atoms with E-state index < -0.39 is 0 Å². The van der Waals surface area contributed by atoms with E-state index in [2.05, 4.69) is 20.6 Å². The van der Waals surface area contributed by atoms with Crippen LogP contribution in [0.5, 0.6) is 0 Å². The van der Waals surface area contributed by atoms with Crippen LogP contribution in [0.15, 0.2) is 52.4 Å². The zero-order valence-electron chi connectivity index (χ0n) is 15.5. The number of aryl methyl sites for hydroxylation is 2. The number of amides is 1. The van der Waals surface area contributed by atoms with Gasteiger partial charge in [-0.15, -0.1) is 11.3 Å². The van der Waals surface area contributed by atoms with Crippen molar-refractivity contribution >= 4 is 17.2 Å². The van der Waals surface area contributed by atoms with Crippen molar-refractivity contribution in [2.75, 3.05) is 6.54 Å². The largest absolute Gasteiger partial charge is 0.355 e. The molecule has 1 N–H and O–H groups in total. The van der Waals surface area contributed by atoms with Gasteiger partial charge in [0.05, 0.1) is 11.4 Å². The molecule has 8 heteroatoms. The Kier molecular flexibility index (Phi) is 5.03. The molecule has 0 aliphatic heterocycles. The van der Waals surface area contributed by atoms with Gasteiger partial charge in [0, 0.05) is 35.7 Å². The van der Waals surface area contributed by atoms with Gasteiger partial charge >= 0.3 is 0 Å². The van der Waals surface area contributed by atoms with E-state index in [1.165, 1.54) is 11.3 Å². The summed E-state index contributed by atoms with van der Waals surface area (Å²) in [6, 6.07) is 13.2. The van der Waals surface area contributed by atoms with Gasteiger partial charge in [-0.25, -0.2) is 9.67 Å². The van der Waals surface area contributed by atoms with Crippen molar-refractivity contribution in [1.29, 1.82) is 0 Å². The molecule has 28 heavy (non-hydrogen) atoms. The summed E-state index contributed by atoms with van der Waals surface area (Å²) >= 11 is 1.54. The highest BCUT2D eigenvalue weighted by Gasteiger charge is 2.14. The summed E-state index contributed by atoms with van der Waals surface area (Å²) in [4.78, 5) is 16.9. The van der Waals surface area contributed by atoms with E-state index in [9.17, 15) is 4.79 Å². The van der Waals surface area contributed by atoms with Crippen LogP contribution >= 0.6 is 11.3 Å². The molecule has 7 nitrogen and oxygen atoms in total. The smallest absolute Gasteiger partial charge is 0.273 e. The van der Waals surface area contributed by atoms with E-state index in [1.54, 1.807) is 6.07 Å². The molecule has 0 atom stereocenters. The topological polar surface area (TPSA) is 85.8 Å². The SMILES string of the molecule is Cc1cc(C)n(-c2nc(CCNC(=O)c3cc(-c4ccccc4)on3)cs2)n1. The number of nitrogens with zero attached hydrogens (tertiary/aromatic N) is 4. The van der Waals surface area contributed by atoms with Crippen molar-refractivity contribution in [3.63, 3.8) is 0 Å². The molecule has 0 fully saturated rings. The number of aromatic nitrogens is 4. The fourth-order valence-electron chi connectivity index (χ4n) is 2.85. The summed E-state index contributed by atoms with van der Waals surface area (Å²) in [6.07, 6.45) is 0.630. The molecule has 0 unspecified atom stereocenters.